The highest BCUT2D eigenvalue weighted by Gasteiger charge is 1.98. The van der Waals surface area contributed by atoms with Crippen LogP contribution in [0.2, 0.25) is 0 Å². The molecule has 1 atom stereocenters. The second-order valence-corrected chi connectivity index (χ2v) is 5.40. The van der Waals surface area contributed by atoms with E-state index in [0.29, 0.717) is 0 Å². The van der Waals surface area contributed by atoms with E-state index in [0.717, 1.165) is 12.8 Å². The number of hydrogen-bond acceptors (Lipinski definition) is 1. The van der Waals surface area contributed by atoms with E-state index >= 15 is 0 Å². The first-order valence-corrected chi connectivity index (χ1v) is 8.16. The predicted molar refractivity (Wildman–Crippen MR) is 81.9 cm³/mol. The van der Waals surface area contributed by atoms with Gasteiger partial charge >= 0.3 is 0 Å². The van der Waals surface area contributed by atoms with Gasteiger partial charge in [-0.1, -0.05) is 83.8 Å². The van der Waals surface area contributed by atoms with Gasteiger partial charge in [-0.25, -0.2) is 0 Å². The Morgan fingerprint density at radius 3 is 2.00 bits per heavy atom. The first-order chi connectivity index (χ1) is 8.81. The number of aliphatic hydroxyl groups is 1. The van der Waals surface area contributed by atoms with E-state index in [1.54, 1.807) is 0 Å². The highest BCUT2D eigenvalue weighted by atomic mass is 16.3. The van der Waals surface area contributed by atoms with Crippen molar-refractivity contribution < 1.29 is 5.11 Å². The summed E-state index contributed by atoms with van der Waals surface area (Å²) in [6.07, 6.45) is 19.1. The molecule has 0 rings (SSSR count). The molecule has 0 aliphatic heterocycles. The van der Waals surface area contributed by atoms with Gasteiger partial charge in [0.15, 0.2) is 0 Å². The Bertz CT molecular complexity index is 174. The molecule has 108 valence electrons. The Balaban J connectivity index is 3.23. The molecule has 0 aromatic carbocycles. The normalized spacial score (nSPS) is 13.3. The molecule has 0 bridgehead atoms. The highest BCUT2D eigenvalue weighted by Crippen LogP contribution is 2.10. The molecule has 1 N–H and O–H groups in total. The Morgan fingerprint density at radius 1 is 0.778 bits per heavy atom. The summed E-state index contributed by atoms with van der Waals surface area (Å²) in [5.41, 5.74) is 0. The van der Waals surface area contributed by atoms with Crippen LogP contribution < -0.4 is 0 Å². The third kappa shape index (κ3) is 13.8. The molecule has 1 nitrogen and oxygen atoms in total. The number of rotatable bonds is 13. The van der Waals surface area contributed by atoms with Crippen LogP contribution in [-0.4, -0.2) is 11.2 Å². The molecule has 0 saturated carbocycles. The van der Waals surface area contributed by atoms with E-state index in [4.69, 9.17) is 0 Å². The zero-order valence-corrected chi connectivity index (χ0v) is 12.7. The minimum atomic E-state index is -0.206. The summed E-state index contributed by atoms with van der Waals surface area (Å²) in [5.74, 6) is 0. The topological polar surface area (TPSA) is 20.2 Å². The average Bonchev–Trinajstić information content (AvgIpc) is 2.37. The molecule has 0 aromatic heterocycles. The van der Waals surface area contributed by atoms with E-state index in [1.807, 2.05) is 6.08 Å². The van der Waals surface area contributed by atoms with Gasteiger partial charge in [-0.3, -0.25) is 0 Å². The smallest absolute Gasteiger partial charge is 0.0720 e. The summed E-state index contributed by atoms with van der Waals surface area (Å²) in [7, 11) is 0. The van der Waals surface area contributed by atoms with Crippen LogP contribution in [0.5, 0.6) is 0 Å². The first kappa shape index (κ1) is 17.7. The molecule has 0 aromatic rings. The lowest BCUT2D eigenvalue weighted by atomic mass is 10.1. The first-order valence-electron chi connectivity index (χ1n) is 8.16. The average molecular weight is 254 g/mol. The lowest BCUT2D eigenvalue weighted by molar-refractivity contribution is 0.207. The highest BCUT2D eigenvalue weighted by molar-refractivity contribution is 4.88. The molecule has 1 heteroatoms. The van der Waals surface area contributed by atoms with Gasteiger partial charge in [0, 0.05) is 0 Å². The summed E-state index contributed by atoms with van der Waals surface area (Å²) in [6.45, 7) is 4.47. The van der Waals surface area contributed by atoms with Gasteiger partial charge in [0.1, 0.15) is 0 Å². The SMILES string of the molecule is CCCCC/C=C/[C@H](O)CCCCCCCCC. The fraction of sp³-hybridized carbons (Fsp3) is 0.882. The number of allylic oxidation sites excluding steroid dienone is 1. The van der Waals surface area contributed by atoms with Crippen LogP contribution in [-0.2, 0) is 0 Å². The van der Waals surface area contributed by atoms with Gasteiger partial charge in [0.05, 0.1) is 6.10 Å². The van der Waals surface area contributed by atoms with E-state index in [1.165, 1.54) is 64.2 Å². The van der Waals surface area contributed by atoms with E-state index in [9.17, 15) is 5.11 Å². The Hall–Kier alpha value is -0.300. The minimum absolute atomic E-state index is 0.206. The van der Waals surface area contributed by atoms with Crippen molar-refractivity contribution >= 4 is 0 Å². The maximum atomic E-state index is 9.76. The second kappa shape index (κ2) is 14.8. The quantitative estimate of drug-likeness (QED) is 0.334. The van der Waals surface area contributed by atoms with Crippen molar-refractivity contribution in [1.29, 1.82) is 0 Å². The van der Waals surface area contributed by atoms with Crippen molar-refractivity contribution in [2.45, 2.75) is 97.0 Å². The molecule has 18 heavy (non-hydrogen) atoms. The largest absolute Gasteiger partial charge is 0.389 e. The monoisotopic (exact) mass is 254 g/mol. The molecule has 0 saturated heterocycles. The fourth-order valence-corrected chi connectivity index (χ4v) is 2.17. The zero-order valence-electron chi connectivity index (χ0n) is 12.7. The zero-order chi connectivity index (χ0) is 13.5. The van der Waals surface area contributed by atoms with Crippen LogP contribution in [0, 0.1) is 0 Å². The minimum Gasteiger partial charge on any atom is -0.389 e. The van der Waals surface area contributed by atoms with Gasteiger partial charge in [-0.2, -0.15) is 0 Å². The molecular formula is C17H34O. The van der Waals surface area contributed by atoms with E-state index in [2.05, 4.69) is 19.9 Å². The van der Waals surface area contributed by atoms with Gasteiger partial charge in [-0.15, -0.1) is 0 Å². The Kier molecular flexibility index (Phi) is 14.5. The maximum Gasteiger partial charge on any atom is 0.0720 e. The molecular weight excluding hydrogens is 220 g/mol. The van der Waals surface area contributed by atoms with Crippen molar-refractivity contribution in [3.8, 4) is 0 Å². The molecule has 0 amide bonds. The van der Waals surface area contributed by atoms with Gasteiger partial charge < -0.3 is 5.11 Å². The van der Waals surface area contributed by atoms with Gasteiger partial charge in [0.25, 0.3) is 0 Å². The van der Waals surface area contributed by atoms with Crippen molar-refractivity contribution in [3.05, 3.63) is 12.2 Å². The van der Waals surface area contributed by atoms with Crippen LogP contribution in [0.4, 0.5) is 0 Å². The summed E-state index contributed by atoms with van der Waals surface area (Å²) >= 11 is 0. The number of unbranched alkanes of at least 4 members (excludes halogenated alkanes) is 9. The predicted octanol–water partition coefficient (Wildman–Crippen LogP) is 5.62. The van der Waals surface area contributed by atoms with Gasteiger partial charge in [-0.05, 0) is 19.3 Å². The van der Waals surface area contributed by atoms with Crippen molar-refractivity contribution in [2.75, 3.05) is 0 Å². The van der Waals surface area contributed by atoms with Crippen LogP contribution in [0.3, 0.4) is 0 Å². The Morgan fingerprint density at radius 2 is 1.33 bits per heavy atom. The van der Waals surface area contributed by atoms with Crippen LogP contribution >= 0.6 is 0 Å². The molecule has 0 unspecified atom stereocenters. The summed E-state index contributed by atoms with van der Waals surface area (Å²) in [5, 5.41) is 9.76. The Labute approximate surface area is 115 Å². The molecule has 0 fully saturated rings. The lowest BCUT2D eigenvalue weighted by Gasteiger charge is -2.05. The summed E-state index contributed by atoms with van der Waals surface area (Å²) < 4.78 is 0. The lowest BCUT2D eigenvalue weighted by Crippen LogP contribution is -2.01. The molecule has 0 aliphatic rings. The third-order valence-corrected chi connectivity index (χ3v) is 3.44. The van der Waals surface area contributed by atoms with Crippen molar-refractivity contribution in [1.82, 2.24) is 0 Å². The standard InChI is InChI=1S/C17H34O/c1-3-5-7-9-10-12-14-16-17(18)15-13-11-8-6-4-2/h13,15,17-18H,3-12,14,16H2,1-2H3/b15-13+/t17-/m0/s1. The number of aliphatic hydroxyl groups excluding tert-OH is 1. The van der Waals surface area contributed by atoms with E-state index < -0.39 is 0 Å². The van der Waals surface area contributed by atoms with Crippen LogP contribution in [0.15, 0.2) is 12.2 Å². The fourth-order valence-electron chi connectivity index (χ4n) is 2.17. The molecule has 0 spiro atoms. The second-order valence-electron chi connectivity index (χ2n) is 5.40. The third-order valence-electron chi connectivity index (χ3n) is 3.44. The summed E-state index contributed by atoms with van der Waals surface area (Å²) in [6, 6.07) is 0. The number of hydrogen-bond donors (Lipinski definition) is 1. The maximum absolute atomic E-state index is 9.76. The summed E-state index contributed by atoms with van der Waals surface area (Å²) in [4.78, 5) is 0. The van der Waals surface area contributed by atoms with Crippen LogP contribution in [0.1, 0.15) is 90.9 Å². The van der Waals surface area contributed by atoms with E-state index in [-0.39, 0.29) is 6.10 Å². The van der Waals surface area contributed by atoms with Gasteiger partial charge in [0.2, 0.25) is 0 Å². The van der Waals surface area contributed by atoms with Crippen molar-refractivity contribution in [3.63, 3.8) is 0 Å². The molecule has 0 aliphatic carbocycles. The molecule has 0 heterocycles. The molecule has 0 radical (unpaired) electrons. The van der Waals surface area contributed by atoms with Crippen LogP contribution in [0.25, 0.3) is 0 Å². The van der Waals surface area contributed by atoms with Crippen molar-refractivity contribution in [2.24, 2.45) is 0 Å².